The van der Waals surface area contributed by atoms with Crippen molar-refractivity contribution in [1.29, 1.82) is 0 Å². The summed E-state index contributed by atoms with van der Waals surface area (Å²) in [5.41, 5.74) is 4.72. The van der Waals surface area contributed by atoms with Crippen molar-refractivity contribution in [3.05, 3.63) is 12.2 Å². The van der Waals surface area contributed by atoms with Gasteiger partial charge in [0.25, 0.3) is 0 Å². The molecule has 0 radical (unpaired) electrons. The highest BCUT2D eigenvalue weighted by molar-refractivity contribution is 4.95. The van der Waals surface area contributed by atoms with Crippen LogP contribution in [0.15, 0.2) is 6.33 Å². The van der Waals surface area contributed by atoms with Crippen LogP contribution in [0.3, 0.4) is 0 Å². The van der Waals surface area contributed by atoms with E-state index in [2.05, 4.69) is 23.9 Å². The quantitative estimate of drug-likeness (QED) is 0.743. The van der Waals surface area contributed by atoms with Crippen molar-refractivity contribution in [1.82, 2.24) is 14.8 Å². The Labute approximate surface area is 96.7 Å². The Balaban J connectivity index is 2.76. The Morgan fingerprint density at radius 2 is 2.25 bits per heavy atom. The fourth-order valence-corrected chi connectivity index (χ4v) is 1.56. The molecule has 0 spiro atoms. The lowest BCUT2D eigenvalue weighted by molar-refractivity contribution is 0.0423. The molecule has 1 rings (SSSR count). The molecule has 0 aromatic carbocycles. The maximum Gasteiger partial charge on any atom is 0.138 e. The smallest absolute Gasteiger partial charge is 0.138 e. The van der Waals surface area contributed by atoms with E-state index in [1.807, 2.05) is 11.6 Å². The van der Waals surface area contributed by atoms with Crippen LogP contribution in [0.5, 0.6) is 0 Å². The number of aliphatic hydroxyl groups is 1. The fraction of sp³-hybridized carbons (Fsp3) is 0.818. The first-order valence-electron chi connectivity index (χ1n) is 5.80. The van der Waals surface area contributed by atoms with Crippen LogP contribution in [0.4, 0.5) is 0 Å². The van der Waals surface area contributed by atoms with E-state index >= 15 is 0 Å². The molecule has 0 fully saturated rings. The third-order valence-corrected chi connectivity index (χ3v) is 2.76. The molecule has 3 N–H and O–H groups in total. The molecule has 1 atom stereocenters. The van der Waals surface area contributed by atoms with Crippen molar-refractivity contribution in [2.24, 2.45) is 11.7 Å². The van der Waals surface area contributed by atoms with E-state index in [1.165, 1.54) is 6.33 Å². The van der Waals surface area contributed by atoms with Crippen LogP contribution in [0.1, 0.15) is 33.0 Å². The summed E-state index contributed by atoms with van der Waals surface area (Å²) in [7, 11) is 0. The number of nitrogens with zero attached hydrogens (tertiary/aromatic N) is 3. The lowest BCUT2D eigenvalue weighted by atomic mass is 9.96. The van der Waals surface area contributed by atoms with Gasteiger partial charge in [0.1, 0.15) is 12.2 Å². The monoisotopic (exact) mass is 226 g/mol. The van der Waals surface area contributed by atoms with Crippen molar-refractivity contribution in [3.63, 3.8) is 0 Å². The summed E-state index contributed by atoms with van der Waals surface area (Å²) in [6.45, 7) is 7.24. The summed E-state index contributed by atoms with van der Waals surface area (Å²) >= 11 is 0. The second-order valence-corrected chi connectivity index (χ2v) is 4.71. The maximum absolute atomic E-state index is 10.2. The Kier molecular flexibility index (Phi) is 4.44. The summed E-state index contributed by atoms with van der Waals surface area (Å²) in [5, 5.41) is 14.3. The molecule has 16 heavy (non-hydrogen) atoms. The number of rotatable bonds is 6. The summed E-state index contributed by atoms with van der Waals surface area (Å²) in [4.78, 5) is 4.19. The van der Waals surface area contributed by atoms with Crippen LogP contribution < -0.4 is 5.73 Å². The Morgan fingerprint density at radius 3 is 2.75 bits per heavy atom. The minimum absolute atomic E-state index is 0.248. The molecular formula is C11H22N4O. The van der Waals surface area contributed by atoms with Crippen molar-refractivity contribution in [3.8, 4) is 0 Å². The molecule has 1 unspecified atom stereocenters. The van der Waals surface area contributed by atoms with Crippen LogP contribution in [-0.4, -0.2) is 32.0 Å². The first-order chi connectivity index (χ1) is 7.50. The molecule has 5 nitrogen and oxygen atoms in total. The highest BCUT2D eigenvalue weighted by Gasteiger charge is 2.25. The fourth-order valence-electron chi connectivity index (χ4n) is 1.56. The standard InChI is InChI=1S/C11H22N4O/c1-4-11(16,7-12)5-10-13-8-14-15(10)6-9(2)3/h8-9,16H,4-7,12H2,1-3H3. The molecule has 0 aliphatic rings. The number of aromatic nitrogens is 3. The minimum atomic E-state index is -0.859. The predicted molar refractivity (Wildman–Crippen MR) is 62.9 cm³/mol. The first-order valence-corrected chi connectivity index (χ1v) is 5.80. The third-order valence-electron chi connectivity index (χ3n) is 2.76. The maximum atomic E-state index is 10.2. The molecule has 1 aromatic heterocycles. The van der Waals surface area contributed by atoms with Gasteiger partial charge in [-0.3, -0.25) is 0 Å². The average Bonchev–Trinajstić information content (AvgIpc) is 2.64. The van der Waals surface area contributed by atoms with E-state index in [-0.39, 0.29) is 6.54 Å². The normalized spacial score (nSPS) is 15.4. The average molecular weight is 226 g/mol. The second-order valence-electron chi connectivity index (χ2n) is 4.71. The van der Waals surface area contributed by atoms with Crippen molar-refractivity contribution in [2.75, 3.05) is 6.54 Å². The number of hydrogen-bond acceptors (Lipinski definition) is 4. The Bertz CT molecular complexity index is 318. The third kappa shape index (κ3) is 3.28. The minimum Gasteiger partial charge on any atom is -0.388 e. The van der Waals surface area contributed by atoms with E-state index in [4.69, 9.17) is 5.73 Å². The molecule has 0 aliphatic carbocycles. The van der Waals surface area contributed by atoms with Gasteiger partial charge in [-0.15, -0.1) is 0 Å². The summed E-state index contributed by atoms with van der Waals surface area (Å²) in [6, 6.07) is 0. The topological polar surface area (TPSA) is 77.0 Å². The molecule has 0 bridgehead atoms. The molecule has 1 aromatic rings. The van der Waals surface area contributed by atoms with Crippen molar-refractivity contribution >= 4 is 0 Å². The zero-order chi connectivity index (χ0) is 12.2. The van der Waals surface area contributed by atoms with E-state index in [1.54, 1.807) is 0 Å². The van der Waals surface area contributed by atoms with E-state index < -0.39 is 5.60 Å². The van der Waals surface area contributed by atoms with Gasteiger partial charge in [-0.2, -0.15) is 5.10 Å². The molecule has 0 saturated carbocycles. The highest BCUT2D eigenvalue weighted by atomic mass is 16.3. The van der Waals surface area contributed by atoms with Crippen LogP contribution in [0.2, 0.25) is 0 Å². The van der Waals surface area contributed by atoms with Gasteiger partial charge in [0.2, 0.25) is 0 Å². The largest absolute Gasteiger partial charge is 0.388 e. The van der Waals surface area contributed by atoms with Crippen LogP contribution >= 0.6 is 0 Å². The van der Waals surface area contributed by atoms with Gasteiger partial charge in [0.15, 0.2) is 0 Å². The van der Waals surface area contributed by atoms with Crippen LogP contribution in [-0.2, 0) is 13.0 Å². The zero-order valence-electron chi connectivity index (χ0n) is 10.3. The van der Waals surface area contributed by atoms with Crippen molar-refractivity contribution < 1.29 is 5.11 Å². The van der Waals surface area contributed by atoms with Gasteiger partial charge in [-0.25, -0.2) is 9.67 Å². The van der Waals surface area contributed by atoms with Gasteiger partial charge < -0.3 is 10.8 Å². The van der Waals surface area contributed by atoms with Gasteiger partial charge in [0.05, 0.1) is 5.60 Å². The predicted octanol–water partition coefficient (Wildman–Crippen LogP) is 0.576. The second kappa shape index (κ2) is 5.41. The van der Waals surface area contributed by atoms with Crippen LogP contribution in [0, 0.1) is 5.92 Å². The number of hydrogen-bond donors (Lipinski definition) is 2. The molecular weight excluding hydrogens is 204 g/mol. The molecule has 0 aliphatic heterocycles. The molecule has 5 heteroatoms. The van der Waals surface area contributed by atoms with Gasteiger partial charge in [-0.1, -0.05) is 20.8 Å². The summed E-state index contributed by atoms with van der Waals surface area (Å²) < 4.78 is 1.85. The van der Waals surface area contributed by atoms with E-state index in [0.29, 0.717) is 18.8 Å². The molecule has 0 saturated heterocycles. The summed E-state index contributed by atoms with van der Waals surface area (Å²) in [6.07, 6.45) is 2.62. The van der Waals surface area contributed by atoms with E-state index in [9.17, 15) is 5.11 Å². The van der Waals surface area contributed by atoms with Crippen LogP contribution in [0.25, 0.3) is 0 Å². The van der Waals surface area contributed by atoms with Gasteiger partial charge >= 0.3 is 0 Å². The zero-order valence-corrected chi connectivity index (χ0v) is 10.3. The highest BCUT2D eigenvalue weighted by Crippen LogP contribution is 2.15. The summed E-state index contributed by atoms with van der Waals surface area (Å²) in [5.74, 6) is 1.32. The Hall–Kier alpha value is -0.940. The Morgan fingerprint density at radius 1 is 1.56 bits per heavy atom. The molecule has 0 amide bonds. The van der Waals surface area contributed by atoms with Crippen molar-refractivity contribution in [2.45, 2.75) is 45.8 Å². The first kappa shape index (κ1) is 13.1. The molecule has 92 valence electrons. The lowest BCUT2D eigenvalue weighted by Crippen LogP contribution is -2.40. The lowest BCUT2D eigenvalue weighted by Gasteiger charge is -2.24. The van der Waals surface area contributed by atoms with Gasteiger partial charge in [0, 0.05) is 19.5 Å². The number of nitrogens with two attached hydrogens (primary N) is 1. The van der Waals surface area contributed by atoms with Gasteiger partial charge in [-0.05, 0) is 12.3 Å². The SMILES string of the molecule is CCC(O)(CN)Cc1ncnn1CC(C)C. The van der Waals surface area contributed by atoms with E-state index in [0.717, 1.165) is 12.4 Å². The molecule has 1 heterocycles.